The Bertz CT molecular complexity index is 1210. The van der Waals surface area contributed by atoms with Gasteiger partial charge in [0, 0.05) is 18.3 Å². The molecule has 0 radical (unpaired) electrons. The minimum Gasteiger partial charge on any atom is -0.465 e. The molecule has 0 spiro atoms. The van der Waals surface area contributed by atoms with E-state index in [1.54, 1.807) is 12.1 Å². The Morgan fingerprint density at radius 2 is 1.65 bits per heavy atom. The zero-order valence-corrected chi connectivity index (χ0v) is 18.1. The van der Waals surface area contributed by atoms with E-state index >= 15 is 0 Å². The van der Waals surface area contributed by atoms with Crippen LogP contribution in [0, 0.1) is 10.1 Å². The second kappa shape index (κ2) is 11.2. The molecular weight excluding hydrogens is 442 g/mol. The van der Waals surface area contributed by atoms with Gasteiger partial charge in [0.1, 0.15) is 5.69 Å². The Morgan fingerprint density at radius 1 is 0.912 bits per heavy atom. The third kappa shape index (κ3) is 6.39. The molecule has 3 aromatic carbocycles. The summed E-state index contributed by atoms with van der Waals surface area (Å²) >= 11 is 0. The molecule has 3 aromatic rings. The molecule has 0 heterocycles. The lowest BCUT2D eigenvalue weighted by atomic mass is 10.1. The maximum atomic E-state index is 12.3. The molecule has 1 amide bonds. The molecule has 0 saturated heterocycles. The fourth-order valence-electron chi connectivity index (χ4n) is 3.01. The van der Waals surface area contributed by atoms with E-state index in [-0.39, 0.29) is 22.5 Å². The van der Waals surface area contributed by atoms with Gasteiger partial charge >= 0.3 is 11.9 Å². The van der Waals surface area contributed by atoms with Crippen LogP contribution in [0.3, 0.4) is 0 Å². The van der Waals surface area contributed by atoms with Gasteiger partial charge in [-0.2, -0.15) is 0 Å². The first kappa shape index (κ1) is 23.9. The summed E-state index contributed by atoms with van der Waals surface area (Å²) in [6.45, 7) is -0.258. The maximum absolute atomic E-state index is 12.3. The van der Waals surface area contributed by atoms with Crippen molar-refractivity contribution in [2.24, 2.45) is 0 Å². The Kier molecular flexibility index (Phi) is 7.90. The van der Waals surface area contributed by atoms with Gasteiger partial charge in [-0.1, -0.05) is 36.4 Å². The molecule has 0 aromatic heterocycles. The standard InChI is InChI=1S/C24H21N3O7/c1-33-23(29)17-8-5-9-19(12-17)26-22(28)15-34-24(30)18-10-11-20(21(13-18)27(31)32)25-14-16-6-3-2-4-7-16/h2-13,25H,14-15H2,1H3,(H,26,28). The zero-order chi connectivity index (χ0) is 24.5. The van der Waals surface area contributed by atoms with E-state index in [1.807, 2.05) is 30.3 Å². The number of anilines is 2. The number of nitrogens with zero attached hydrogens (tertiary/aromatic N) is 1. The average molecular weight is 463 g/mol. The van der Waals surface area contributed by atoms with Gasteiger partial charge in [-0.15, -0.1) is 0 Å². The number of carbonyl (C=O) groups is 3. The Hall–Kier alpha value is -4.73. The first-order chi connectivity index (χ1) is 16.4. The molecule has 0 unspecified atom stereocenters. The predicted molar refractivity (Wildman–Crippen MR) is 124 cm³/mol. The fraction of sp³-hybridized carbons (Fsp3) is 0.125. The van der Waals surface area contributed by atoms with Crippen molar-refractivity contribution in [3.05, 3.63) is 99.6 Å². The SMILES string of the molecule is COC(=O)c1cccc(NC(=O)COC(=O)c2ccc(NCc3ccccc3)c([N+](=O)[O-])c2)c1. The molecule has 0 atom stereocenters. The molecule has 0 aliphatic heterocycles. The zero-order valence-electron chi connectivity index (χ0n) is 18.1. The van der Waals surface area contributed by atoms with Gasteiger partial charge in [0.15, 0.2) is 6.61 Å². The number of esters is 2. The van der Waals surface area contributed by atoms with Gasteiger partial charge in [-0.25, -0.2) is 9.59 Å². The highest BCUT2D eigenvalue weighted by atomic mass is 16.6. The van der Waals surface area contributed by atoms with Crippen LogP contribution in [0.2, 0.25) is 0 Å². The van der Waals surface area contributed by atoms with Crippen molar-refractivity contribution >= 4 is 34.9 Å². The largest absolute Gasteiger partial charge is 0.465 e. The summed E-state index contributed by atoms with van der Waals surface area (Å²) in [7, 11) is 1.24. The molecule has 0 bridgehead atoms. The van der Waals surface area contributed by atoms with E-state index in [0.717, 1.165) is 11.6 Å². The van der Waals surface area contributed by atoms with E-state index in [9.17, 15) is 24.5 Å². The van der Waals surface area contributed by atoms with Crippen LogP contribution in [0.4, 0.5) is 17.1 Å². The van der Waals surface area contributed by atoms with E-state index in [1.165, 1.54) is 31.4 Å². The summed E-state index contributed by atoms with van der Waals surface area (Å²) < 4.78 is 9.60. The van der Waals surface area contributed by atoms with E-state index in [0.29, 0.717) is 12.2 Å². The fourth-order valence-corrected chi connectivity index (χ4v) is 3.01. The summed E-state index contributed by atoms with van der Waals surface area (Å²) in [5.74, 6) is -2.10. The van der Waals surface area contributed by atoms with Crippen molar-refractivity contribution < 1.29 is 28.8 Å². The summed E-state index contributed by atoms with van der Waals surface area (Å²) in [4.78, 5) is 46.9. The van der Waals surface area contributed by atoms with E-state index in [2.05, 4.69) is 15.4 Å². The monoisotopic (exact) mass is 463 g/mol. The number of hydrogen-bond acceptors (Lipinski definition) is 8. The molecule has 34 heavy (non-hydrogen) atoms. The molecule has 0 aliphatic carbocycles. The van der Waals surface area contributed by atoms with Crippen molar-refractivity contribution in [3.63, 3.8) is 0 Å². The van der Waals surface area contributed by atoms with Crippen LogP contribution in [-0.2, 0) is 20.8 Å². The van der Waals surface area contributed by atoms with Crippen molar-refractivity contribution in [2.75, 3.05) is 24.4 Å². The number of carbonyl (C=O) groups excluding carboxylic acids is 3. The van der Waals surface area contributed by atoms with Gasteiger partial charge in [0.05, 0.1) is 23.2 Å². The molecule has 0 fully saturated rings. The molecule has 174 valence electrons. The summed E-state index contributed by atoms with van der Waals surface area (Å²) in [6.07, 6.45) is 0. The van der Waals surface area contributed by atoms with E-state index < -0.39 is 29.4 Å². The first-order valence-corrected chi connectivity index (χ1v) is 10.1. The van der Waals surface area contributed by atoms with Crippen LogP contribution in [-0.4, -0.2) is 36.5 Å². The van der Waals surface area contributed by atoms with Crippen LogP contribution < -0.4 is 10.6 Å². The number of methoxy groups -OCH3 is 1. The van der Waals surface area contributed by atoms with Crippen LogP contribution in [0.15, 0.2) is 72.8 Å². The highest BCUT2D eigenvalue weighted by Gasteiger charge is 2.19. The normalized spacial score (nSPS) is 10.1. The number of rotatable bonds is 9. The topological polar surface area (TPSA) is 137 Å². The lowest BCUT2D eigenvalue weighted by Gasteiger charge is -2.10. The molecule has 10 nitrogen and oxygen atoms in total. The maximum Gasteiger partial charge on any atom is 0.338 e. The molecule has 2 N–H and O–H groups in total. The summed E-state index contributed by atoms with van der Waals surface area (Å²) in [5, 5.41) is 17.0. The molecule has 0 aliphatic rings. The van der Waals surface area contributed by atoms with Crippen LogP contribution in [0.25, 0.3) is 0 Å². The van der Waals surface area contributed by atoms with Gasteiger partial charge in [0.2, 0.25) is 0 Å². The van der Waals surface area contributed by atoms with Crippen molar-refractivity contribution in [1.82, 2.24) is 0 Å². The number of amides is 1. The third-order valence-corrected chi connectivity index (χ3v) is 4.66. The second-order valence-corrected chi connectivity index (χ2v) is 7.02. The number of ether oxygens (including phenoxy) is 2. The van der Waals surface area contributed by atoms with Gasteiger partial charge in [0.25, 0.3) is 11.6 Å². The number of nitrogens with one attached hydrogen (secondary N) is 2. The number of nitro groups is 1. The lowest BCUT2D eigenvalue weighted by Crippen LogP contribution is -2.21. The van der Waals surface area contributed by atoms with Gasteiger partial charge < -0.3 is 20.1 Å². The predicted octanol–water partition coefficient (Wildman–Crippen LogP) is 3.79. The Labute approximate surface area is 194 Å². The minimum absolute atomic E-state index is 0.0718. The van der Waals surface area contributed by atoms with Crippen LogP contribution in [0.5, 0.6) is 0 Å². The number of hydrogen-bond donors (Lipinski definition) is 2. The molecular formula is C24H21N3O7. The van der Waals surface area contributed by atoms with Crippen LogP contribution in [0.1, 0.15) is 26.3 Å². The number of benzene rings is 3. The third-order valence-electron chi connectivity index (χ3n) is 4.66. The first-order valence-electron chi connectivity index (χ1n) is 10.1. The Balaban J connectivity index is 1.61. The van der Waals surface area contributed by atoms with E-state index in [4.69, 9.17) is 4.74 Å². The highest BCUT2D eigenvalue weighted by molar-refractivity contribution is 5.97. The molecule has 3 rings (SSSR count). The molecule has 10 heteroatoms. The van der Waals surface area contributed by atoms with Crippen LogP contribution >= 0.6 is 0 Å². The van der Waals surface area contributed by atoms with Gasteiger partial charge in [-0.3, -0.25) is 14.9 Å². The molecule has 0 saturated carbocycles. The quantitative estimate of drug-likeness (QED) is 0.278. The lowest BCUT2D eigenvalue weighted by molar-refractivity contribution is -0.384. The minimum atomic E-state index is -0.892. The van der Waals surface area contributed by atoms with Crippen molar-refractivity contribution in [1.29, 1.82) is 0 Å². The smallest absolute Gasteiger partial charge is 0.338 e. The Morgan fingerprint density at radius 3 is 2.35 bits per heavy atom. The second-order valence-electron chi connectivity index (χ2n) is 7.02. The highest BCUT2D eigenvalue weighted by Crippen LogP contribution is 2.26. The number of nitro benzene ring substituents is 1. The van der Waals surface area contributed by atoms with Crippen molar-refractivity contribution in [2.45, 2.75) is 6.54 Å². The van der Waals surface area contributed by atoms with Gasteiger partial charge in [-0.05, 0) is 35.9 Å². The summed E-state index contributed by atoms with van der Waals surface area (Å²) in [6, 6.07) is 19.3. The summed E-state index contributed by atoms with van der Waals surface area (Å²) in [5.41, 5.74) is 1.36. The average Bonchev–Trinajstić information content (AvgIpc) is 2.86. The van der Waals surface area contributed by atoms with Crippen molar-refractivity contribution in [3.8, 4) is 0 Å².